The van der Waals surface area contributed by atoms with Gasteiger partial charge in [-0.3, -0.25) is 0 Å². The Hall–Kier alpha value is -1.20. The smallest absolute Gasteiger partial charge is 0.388 e. The van der Waals surface area contributed by atoms with E-state index in [1.165, 1.54) is 13.1 Å². The highest BCUT2D eigenvalue weighted by atomic mass is 19.4. The maximum atomic E-state index is 11.8. The summed E-state index contributed by atoms with van der Waals surface area (Å²) in [6.07, 6.45) is -4.08. The number of aryl methyl sites for hydroxylation is 2. The van der Waals surface area contributed by atoms with Crippen molar-refractivity contribution in [3.63, 3.8) is 0 Å². The molecule has 0 fully saturated rings. The standard InChI is InChI=1S/C7H9F3N2O/c1-3-5-4-6(12(2)11-5)13-7(8,9)10/h4H,3H2,1-2H3. The maximum absolute atomic E-state index is 11.8. The molecule has 1 aromatic heterocycles. The van der Waals surface area contributed by atoms with Gasteiger partial charge in [-0.15, -0.1) is 13.2 Å². The minimum atomic E-state index is -4.65. The molecule has 3 nitrogen and oxygen atoms in total. The Kier molecular flexibility index (Phi) is 2.49. The van der Waals surface area contributed by atoms with Crippen LogP contribution >= 0.6 is 0 Å². The van der Waals surface area contributed by atoms with E-state index in [-0.39, 0.29) is 5.88 Å². The lowest BCUT2D eigenvalue weighted by molar-refractivity contribution is -0.277. The van der Waals surface area contributed by atoms with E-state index in [1.54, 1.807) is 6.92 Å². The van der Waals surface area contributed by atoms with Crippen molar-refractivity contribution < 1.29 is 17.9 Å². The fourth-order valence-electron chi connectivity index (χ4n) is 0.894. The molecule has 0 saturated carbocycles. The Labute approximate surface area is 73.1 Å². The van der Waals surface area contributed by atoms with Crippen molar-refractivity contribution in [1.29, 1.82) is 0 Å². The molecular formula is C7H9F3N2O. The van der Waals surface area contributed by atoms with Crippen LogP contribution in [0.2, 0.25) is 0 Å². The molecule has 74 valence electrons. The fourth-order valence-corrected chi connectivity index (χ4v) is 0.894. The minimum absolute atomic E-state index is 0.288. The van der Waals surface area contributed by atoms with Crippen molar-refractivity contribution in [1.82, 2.24) is 9.78 Å². The second kappa shape index (κ2) is 3.27. The molecule has 0 spiro atoms. The van der Waals surface area contributed by atoms with Crippen LogP contribution in [0.5, 0.6) is 5.88 Å². The zero-order valence-electron chi connectivity index (χ0n) is 7.22. The largest absolute Gasteiger partial charge is 0.574 e. The molecule has 0 aliphatic rings. The molecule has 0 aliphatic heterocycles. The molecule has 1 rings (SSSR count). The number of halogens is 3. The second-order valence-corrected chi connectivity index (χ2v) is 2.50. The van der Waals surface area contributed by atoms with Gasteiger partial charge >= 0.3 is 6.36 Å². The third kappa shape index (κ3) is 2.64. The average Bonchev–Trinajstić information content (AvgIpc) is 2.29. The van der Waals surface area contributed by atoms with Gasteiger partial charge in [0.25, 0.3) is 0 Å². The van der Waals surface area contributed by atoms with E-state index in [0.29, 0.717) is 12.1 Å². The Morgan fingerprint density at radius 3 is 2.54 bits per heavy atom. The van der Waals surface area contributed by atoms with Crippen LogP contribution in [-0.4, -0.2) is 16.1 Å². The van der Waals surface area contributed by atoms with Crippen LogP contribution in [0.15, 0.2) is 6.07 Å². The highest BCUT2D eigenvalue weighted by molar-refractivity contribution is 5.15. The molecule has 1 aromatic rings. The lowest BCUT2D eigenvalue weighted by atomic mass is 10.3. The predicted molar refractivity (Wildman–Crippen MR) is 39.3 cm³/mol. The molecule has 0 aliphatic carbocycles. The lowest BCUT2D eigenvalue weighted by Gasteiger charge is -2.07. The van der Waals surface area contributed by atoms with Crippen LogP contribution in [0.4, 0.5) is 13.2 Å². The summed E-state index contributed by atoms with van der Waals surface area (Å²) in [4.78, 5) is 0. The third-order valence-corrected chi connectivity index (χ3v) is 1.47. The van der Waals surface area contributed by atoms with Gasteiger partial charge in [-0.05, 0) is 6.42 Å². The number of aromatic nitrogens is 2. The van der Waals surface area contributed by atoms with Gasteiger partial charge in [0.2, 0.25) is 5.88 Å². The van der Waals surface area contributed by atoms with Crippen LogP contribution in [0.3, 0.4) is 0 Å². The fraction of sp³-hybridized carbons (Fsp3) is 0.571. The van der Waals surface area contributed by atoms with Crippen molar-refractivity contribution >= 4 is 0 Å². The summed E-state index contributed by atoms with van der Waals surface area (Å²) >= 11 is 0. The molecule has 0 N–H and O–H groups in total. The molecule has 0 saturated heterocycles. The minimum Gasteiger partial charge on any atom is -0.388 e. The zero-order chi connectivity index (χ0) is 10.1. The van der Waals surface area contributed by atoms with Gasteiger partial charge in [-0.25, -0.2) is 4.68 Å². The van der Waals surface area contributed by atoms with Gasteiger partial charge < -0.3 is 4.74 Å². The summed E-state index contributed by atoms with van der Waals surface area (Å²) in [5.41, 5.74) is 0.571. The summed E-state index contributed by atoms with van der Waals surface area (Å²) in [5, 5.41) is 3.80. The van der Waals surface area contributed by atoms with E-state index in [0.717, 1.165) is 4.68 Å². The van der Waals surface area contributed by atoms with Crippen LogP contribution in [0.1, 0.15) is 12.6 Å². The Morgan fingerprint density at radius 1 is 1.54 bits per heavy atom. The van der Waals surface area contributed by atoms with Gasteiger partial charge in [0, 0.05) is 13.1 Å². The van der Waals surface area contributed by atoms with Crippen molar-refractivity contribution in [2.45, 2.75) is 19.7 Å². The molecule has 6 heteroatoms. The summed E-state index contributed by atoms with van der Waals surface area (Å²) in [6, 6.07) is 1.27. The average molecular weight is 194 g/mol. The molecule has 0 unspecified atom stereocenters. The summed E-state index contributed by atoms with van der Waals surface area (Å²) < 4.78 is 40.1. The first-order valence-corrected chi connectivity index (χ1v) is 3.71. The topological polar surface area (TPSA) is 27.1 Å². The van der Waals surface area contributed by atoms with Crippen molar-refractivity contribution in [2.75, 3.05) is 0 Å². The number of hydrogen-bond acceptors (Lipinski definition) is 2. The molecule has 0 radical (unpaired) electrons. The normalized spacial score (nSPS) is 11.8. The van der Waals surface area contributed by atoms with Crippen LogP contribution in [-0.2, 0) is 13.5 Å². The quantitative estimate of drug-likeness (QED) is 0.718. The third-order valence-electron chi connectivity index (χ3n) is 1.47. The number of hydrogen-bond donors (Lipinski definition) is 0. The van der Waals surface area contributed by atoms with E-state index in [2.05, 4.69) is 9.84 Å². The Morgan fingerprint density at radius 2 is 2.15 bits per heavy atom. The van der Waals surface area contributed by atoms with Crippen molar-refractivity contribution in [3.8, 4) is 5.88 Å². The number of ether oxygens (including phenoxy) is 1. The maximum Gasteiger partial charge on any atom is 0.574 e. The van der Waals surface area contributed by atoms with Crippen molar-refractivity contribution in [2.24, 2.45) is 7.05 Å². The molecule has 0 amide bonds. The SMILES string of the molecule is CCc1cc(OC(F)(F)F)n(C)n1. The Balaban J connectivity index is 2.83. The summed E-state index contributed by atoms with van der Waals surface area (Å²) in [6.45, 7) is 1.81. The van der Waals surface area contributed by atoms with E-state index >= 15 is 0 Å². The number of nitrogens with zero attached hydrogens (tertiary/aromatic N) is 2. The molecule has 1 heterocycles. The molecule has 13 heavy (non-hydrogen) atoms. The summed E-state index contributed by atoms with van der Waals surface area (Å²) in [7, 11) is 1.40. The van der Waals surface area contributed by atoms with Gasteiger partial charge in [-0.1, -0.05) is 6.92 Å². The number of rotatable bonds is 2. The molecule has 0 atom stereocenters. The van der Waals surface area contributed by atoms with Crippen molar-refractivity contribution in [3.05, 3.63) is 11.8 Å². The van der Waals surface area contributed by atoms with Crippen LogP contribution < -0.4 is 4.74 Å². The van der Waals surface area contributed by atoms with E-state index < -0.39 is 6.36 Å². The predicted octanol–water partition coefficient (Wildman–Crippen LogP) is 1.88. The van der Waals surface area contributed by atoms with E-state index in [1.807, 2.05) is 0 Å². The van der Waals surface area contributed by atoms with Crippen LogP contribution in [0, 0.1) is 0 Å². The van der Waals surface area contributed by atoms with E-state index in [9.17, 15) is 13.2 Å². The highest BCUT2D eigenvalue weighted by Gasteiger charge is 2.32. The van der Waals surface area contributed by atoms with Gasteiger partial charge in [-0.2, -0.15) is 5.10 Å². The van der Waals surface area contributed by atoms with Gasteiger partial charge in [0.15, 0.2) is 0 Å². The molecular weight excluding hydrogens is 185 g/mol. The van der Waals surface area contributed by atoms with Gasteiger partial charge in [0.1, 0.15) is 0 Å². The van der Waals surface area contributed by atoms with E-state index in [4.69, 9.17) is 0 Å². The summed E-state index contributed by atoms with van der Waals surface area (Å²) in [5.74, 6) is -0.288. The zero-order valence-corrected chi connectivity index (χ0v) is 7.22. The second-order valence-electron chi connectivity index (χ2n) is 2.50. The molecule has 0 bridgehead atoms. The monoisotopic (exact) mass is 194 g/mol. The van der Waals surface area contributed by atoms with Crippen LogP contribution in [0.25, 0.3) is 0 Å². The number of alkyl halides is 3. The highest BCUT2D eigenvalue weighted by Crippen LogP contribution is 2.22. The first-order chi connectivity index (χ1) is 5.92. The first-order valence-electron chi connectivity index (χ1n) is 3.71. The molecule has 0 aromatic carbocycles. The van der Waals surface area contributed by atoms with Gasteiger partial charge in [0.05, 0.1) is 5.69 Å². The Bertz CT molecular complexity index is 292. The lowest BCUT2D eigenvalue weighted by Crippen LogP contribution is -2.18. The first kappa shape index (κ1) is 9.88.